The van der Waals surface area contributed by atoms with Crippen molar-refractivity contribution >= 4 is 5.97 Å². The Morgan fingerprint density at radius 3 is 2.79 bits per heavy atom. The van der Waals surface area contributed by atoms with Crippen LogP contribution in [0.1, 0.15) is 19.5 Å². The van der Waals surface area contributed by atoms with Gasteiger partial charge in [-0.2, -0.15) is 0 Å². The largest absolute Gasteiger partial charge is 0.481 e. The van der Waals surface area contributed by atoms with E-state index in [9.17, 15) is 9.59 Å². The van der Waals surface area contributed by atoms with Gasteiger partial charge in [-0.3, -0.25) is 19.4 Å². The normalized spacial score (nSPS) is 12.7. The topological polar surface area (TPSA) is 75.1 Å². The van der Waals surface area contributed by atoms with Gasteiger partial charge >= 0.3 is 5.97 Å². The molecule has 0 aliphatic rings. The number of aromatic amines is 1. The van der Waals surface area contributed by atoms with E-state index < -0.39 is 11.9 Å². The highest BCUT2D eigenvalue weighted by Gasteiger charge is 2.13. The molecule has 0 amide bonds. The van der Waals surface area contributed by atoms with E-state index >= 15 is 0 Å². The van der Waals surface area contributed by atoms with Crippen LogP contribution in [0.2, 0.25) is 0 Å². The lowest BCUT2D eigenvalue weighted by Crippen LogP contribution is -2.14. The molecule has 0 aromatic carbocycles. The van der Waals surface area contributed by atoms with Crippen molar-refractivity contribution in [1.82, 2.24) is 9.78 Å². The smallest absolute Gasteiger partial charge is 0.306 e. The molecule has 0 fully saturated rings. The van der Waals surface area contributed by atoms with Gasteiger partial charge in [-0.15, -0.1) is 0 Å². The lowest BCUT2D eigenvalue weighted by atomic mass is 10.1. The van der Waals surface area contributed by atoms with Crippen molar-refractivity contribution in [1.29, 1.82) is 0 Å². The van der Waals surface area contributed by atoms with E-state index in [2.05, 4.69) is 5.10 Å². The SMILES string of the molecule is CCn1[nH]c(CC(C)C(=O)O)cc1=O. The monoisotopic (exact) mass is 198 g/mol. The summed E-state index contributed by atoms with van der Waals surface area (Å²) < 4.78 is 1.45. The minimum atomic E-state index is -0.852. The van der Waals surface area contributed by atoms with Crippen LogP contribution >= 0.6 is 0 Å². The molecule has 0 radical (unpaired) electrons. The first kappa shape index (κ1) is 10.6. The first-order valence-corrected chi connectivity index (χ1v) is 4.56. The lowest BCUT2D eigenvalue weighted by Gasteiger charge is -2.03. The zero-order valence-corrected chi connectivity index (χ0v) is 8.28. The molecule has 0 saturated heterocycles. The molecule has 0 bridgehead atoms. The van der Waals surface area contributed by atoms with Gasteiger partial charge < -0.3 is 5.11 Å². The summed E-state index contributed by atoms with van der Waals surface area (Å²) in [5.41, 5.74) is 0.562. The molecule has 1 unspecified atom stereocenters. The van der Waals surface area contributed by atoms with Crippen LogP contribution in [0.4, 0.5) is 0 Å². The maximum absolute atomic E-state index is 11.2. The van der Waals surface area contributed by atoms with Crippen molar-refractivity contribution in [3.05, 3.63) is 22.1 Å². The third-order valence-corrected chi connectivity index (χ3v) is 2.11. The standard InChI is InChI=1S/C9H14N2O3/c1-3-11-8(12)5-7(10-11)4-6(2)9(13)14/h5-6,10H,3-4H2,1-2H3,(H,13,14). The first-order valence-electron chi connectivity index (χ1n) is 4.56. The summed E-state index contributed by atoms with van der Waals surface area (Å²) in [6.07, 6.45) is 0.359. The lowest BCUT2D eigenvalue weighted by molar-refractivity contribution is -0.141. The minimum Gasteiger partial charge on any atom is -0.481 e. The second-order valence-electron chi connectivity index (χ2n) is 3.31. The molecule has 5 nitrogen and oxygen atoms in total. The second-order valence-corrected chi connectivity index (χ2v) is 3.31. The van der Waals surface area contributed by atoms with Crippen molar-refractivity contribution < 1.29 is 9.90 Å². The number of nitrogens with one attached hydrogen (secondary N) is 1. The van der Waals surface area contributed by atoms with Crippen LogP contribution in [0.5, 0.6) is 0 Å². The molecule has 1 atom stereocenters. The first-order chi connectivity index (χ1) is 6.54. The summed E-state index contributed by atoms with van der Waals surface area (Å²) in [6, 6.07) is 1.45. The summed E-state index contributed by atoms with van der Waals surface area (Å²) in [4.78, 5) is 21.8. The average molecular weight is 198 g/mol. The molecule has 0 saturated carbocycles. The quantitative estimate of drug-likeness (QED) is 0.738. The van der Waals surface area contributed by atoms with Crippen LogP contribution in [0.15, 0.2) is 10.9 Å². The summed E-state index contributed by atoms with van der Waals surface area (Å²) >= 11 is 0. The predicted molar refractivity (Wildman–Crippen MR) is 51.2 cm³/mol. The van der Waals surface area contributed by atoms with Crippen molar-refractivity contribution in [2.45, 2.75) is 26.8 Å². The number of aliphatic carboxylic acids is 1. The predicted octanol–water partition coefficient (Wildman–Crippen LogP) is 0.459. The molecule has 14 heavy (non-hydrogen) atoms. The van der Waals surface area contributed by atoms with Crippen molar-refractivity contribution in [2.24, 2.45) is 5.92 Å². The number of carboxylic acid groups (broad SMARTS) is 1. The third-order valence-electron chi connectivity index (χ3n) is 2.11. The number of hydrogen-bond donors (Lipinski definition) is 2. The molecule has 1 rings (SSSR count). The fourth-order valence-electron chi connectivity index (χ4n) is 1.24. The number of aromatic nitrogens is 2. The zero-order valence-electron chi connectivity index (χ0n) is 8.28. The van der Waals surface area contributed by atoms with Gasteiger partial charge in [0.1, 0.15) is 0 Å². The molecule has 2 N–H and O–H groups in total. The van der Waals surface area contributed by atoms with E-state index in [1.807, 2.05) is 6.92 Å². The van der Waals surface area contributed by atoms with Crippen molar-refractivity contribution in [3.8, 4) is 0 Å². The summed E-state index contributed by atoms with van der Waals surface area (Å²) in [6.45, 7) is 4.03. The van der Waals surface area contributed by atoms with Crippen molar-refractivity contribution in [3.63, 3.8) is 0 Å². The highest BCUT2D eigenvalue weighted by Crippen LogP contribution is 2.04. The average Bonchev–Trinajstić information content (AvgIpc) is 2.45. The zero-order chi connectivity index (χ0) is 10.7. The van der Waals surface area contributed by atoms with Crippen LogP contribution in [0, 0.1) is 5.92 Å². The number of carbonyl (C=O) groups is 1. The Morgan fingerprint density at radius 2 is 2.36 bits per heavy atom. The number of rotatable bonds is 4. The van der Waals surface area contributed by atoms with Gasteiger partial charge in [0.2, 0.25) is 0 Å². The fraction of sp³-hybridized carbons (Fsp3) is 0.556. The summed E-state index contributed by atoms with van der Waals surface area (Å²) in [7, 11) is 0. The number of hydrogen-bond acceptors (Lipinski definition) is 2. The molecule has 1 aromatic rings. The Labute approximate surface area is 81.3 Å². The molecule has 5 heteroatoms. The van der Waals surface area contributed by atoms with Gasteiger partial charge in [-0.1, -0.05) is 6.92 Å². The van der Waals surface area contributed by atoms with E-state index in [4.69, 9.17) is 5.11 Å². The van der Waals surface area contributed by atoms with Gasteiger partial charge in [-0.05, 0) is 6.92 Å². The van der Waals surface area contributed by atoms with Gasteiger partial charge in [0.05, 0.1) is 5.92 Å². The van der Waals surface area contributed by atoms with E-state index in [0.29, 0.717) is 18.7 Å². The Balaban J connectivity index is 2.78. The molecular formula is C9H14N2O3. The van der Waals surface area contributed by atoms with E-state index in [-0.39, 0.29) is 5.56 Å². The molecule has 1 aromatic heterocycles. The maximum atomic E-state index is 11.2. The van der Waals surface area contributed by atoms with Gasteiger partial charge in [-0.25, -0.2) is 0 Å². The number of aryl methyl sites for hydroxylation is 1. The molecule has 0 aliphatic heterocycles. The van der Waals surface area contributed by atoms with Gasteiger partial charge in [0.15, 0.2) is 0 Å². The Morgan fingerprint density at radius 1 is 1.71 bits per heavy atom. The minimum absolute atomic E-state index is 0.111. The molecular weight excluding hydrogens is 184 g/mol. The van der Waals surface area contributed by atoms with Gasteiger partial charge in [0.25, 0.3) is 5.56 Å². The number of carboxylic acids is 1. The molecule has 0 aliphatic carbocycles. The number of nitrogens with zero attached hydrogens (tertiary/aromatic N) is 1. The molecule has 78 valence electrons. The maximum Gasteiger partial charge on any atom is 0.306 e. The summed E-state index contributed by atoms with van der Waals surface area (Å²) in [5, 5.41) is 11.5. The Bertz CT molecular complexity index is 378. The highest BCUT2D eigenvalue weighted by molar-refractivity contribution is 5.69. The van der Waals surface area contributed by atoms with E-state index in [1.165, 1.54) is 10.7 Å². The van der Waals surface area contributed by atoms with Crippen LogP contribution in [0.3, 0.4) is 0 Å². The second kappa shape index (κ2) is 4.13. The number of H-pyrrole nitrogens is 1. The van der Waals surface area contributed by atoms with Crippen LogP contribution in [-0.2, 0) is 17.8 Å². The van der Waals surface area contributed by atoms with E-state index in [1.54, 1.807) is 6.92 Å². The molecule has 0 spiro atoms. The van der Waals surface area contributed by atoms with Crippen molar-refractivity contribution in [2.75, 3.05) is 0 Å². The van der Waals surface area contributed by atoms with Gasteiger partial charge in [0, 0.05) is 24.7 Å². The Hall–Kier alpha value is -1.52. The summed E-state index contributed by atoms with van der Waals surface area (Å²) in [5.74, 6) is -1.33. The van der Waals surface area contributed by atoms with Crippen LogP contribution in [-0.4, -0.2) is 20.9 Å². The molecule has 1 heterocycles. The third kappa shape index (κ3) is 2.25. The van der Waals surface area contributed by atoms with Crippen LogP contribution < -0.4 is 5.56 Å². The van der Waals surface area contributed by atoms with Crippen LogP contribution in [0.25, 0.3) is 0 Å². The Kier molecular flexibility index (Phi) is 3.11. The fourth-order valence-corrected chi connectivity index (χ4v) is 1.24. The highest BCUT2D eigenvalue weighted by atomic mass is 16.4. The van der Waals surface area contributed by atoms with E-state index in [0.717, 1.165) is 0 Å².